The third kappa shape index (κ3) is 3.25. The molecule has 20 heavy (non-hydrogen) atoms. The first kappa shape index (κ1) is 15.1. The number of benzene rings is 1. The lowest BCUT2D eigenvalue weighted by molar-refractivity contribution is 0.163. The van der Waals surface area contributed by atoms with Crippen LogP contribution < -0.4 is 15.2 Å². The van der Waals surface area contributed by atoms with Gasteiger partial charge in [0.2, 0.25) is 0 Å². The van der Waals surface area contributed by atoms with E-state index in [9.17, 15) is 0 Å². The summed E-state index contributed by atoms with van der Waals surface area (Å²) in [5.41, 5.74) is 7.20. The van der Waals surface area contributed by atoms with Crippen LogP contribution >= 0.6 is 0 Å². The second kappa shape index (κ2) is 7.50. The quantitative estimate of drug-likeness (QED) is 0.869. The van der Waals surface area contributed by atoms with Crippen molar-refractivity contribution in [1.82, 2.24) is 4.90 Å². The van der Waals surface area contributed by atoms with E-state index in [1.165, 1.54) is 19.3 Å². The Hall–Kier alpha value is -1.26. The Balaban J connectivity index is 2.32. The van der Waals surface area contributed by atoms with Crippen LogP contribution in [0.25, 0.3) is 0 Å². The molecule has 2 rings (SSSR count). The zero-order valence-electron chi connectivity index (χ0n) is 12.6. The molecule has 1 atom stereocenters. The zero-order chi connectivity index (χ0) is 14.4. The van der Waals surface area contributed by atoms with E-state index >= 15 is 0 Å². The second-order valence-corrected chi connectivity index (χ2v) is 5.16. The number of likely N-dealkylation sites (tertiary alicyclic amines) is 1. The first-order valence-corrected chi connectivity index (χ1v) is 7.55. The molecule has 1 aromatic rings. The molecule has 1 heterocycles. The number of hydrogen-bond donors (Lipinski definition) is 1. The molecule has 1 aliphatic heterocycles. The van der Waals surface area contributed by atoms with Gasteiger partial charge in [-0.1, -0.05) is 18.6 Å². The zero-order valence-corrected chi connectivity index (χ0v) is 12.6. The minimum Gasteiger partial charge on any atom is -0.493 e. The molecule has 0 aliphatic carbocycles. The van der Waals surface area contributed by atoms with E-state index < -0.39 is 0 Å². The topological polar surface area (TPSA) is 47.7 Å². The van der Waals surface area contributed by atoms with E-state index in [-0.39, 0.29) is 6.04 Å². The van der Waals surface area contributed by atoms with Crippen molar-refractivity contribution in [1.29, 1.82) is 0 Å². The summed E-state index contributed by atoms with van der Waals surface area (Å²) in [6.07, 6.45) is 3.83. The van der Waals surface area contributed by atoms with Crippen molar-refractivity contribution in [2.75, 3.05) is 33.4 Å². The van der Waals surface area contributed by atoms with Crippen molar-refractivity contribution in [2.24, 2.45) is 5.73 Å². The van der Waals surface area contributed by atoms with Crippen LogP contribution in [0.15, 0.2) is 18.2 Å². The minimum atomic E-state index is 0.215. The summed E-state index contributed by atoms with van der Waals surface area (Å²) in [7, 11) is 1.68. The van der Waals surface area contributed by atoms with Gasteiger partial charge in [0, 0.05) is 12.1 Å². The molecule has 112 valence electrons. The number of ether oxygens (including phenoxy) is 2. The molecule has 0 saturated carbocycles. The smallest absolute Gasteiger partial charge is 0.165 e. The molecule has 1 fully saturated rings. The van der Waals surface area contributed by atoms with E-state index in [0.717, 1.165) is 30.2 Å². The first-order chi connectivity index (χ1) is 9.81. The summed E-state index contributed by atoms with van der Waals surface area (Å²) >= 11 is 0. The fraction of sp³-hybridized carbons (Fsp3) is 0.625. The van der Waals surface area contributed by atoms with Crippen molar-refractivity contribution >= 4 is 0 Å². The maximum Gasteiger partial charge on any atom is 0.165 e. The largest absolute Gasteiger partial charge is 0.493 e. The molecule has 2 N–H and O–H groups in total. The maximum atomic E-state index is 6.05. The van der Waals surface area contributed by atoms with Crippen molar-refractivity contribution in [3.05, 3.63) is 23.8 Å². The predicted octanol–water partition coefficient (Wildman–Crippen LogP) is 2.58. The van der Waals surface area contributed by atoms with Gasteiger partial charge < -0.3 is 15.2 Å². The lowest BCUT2D eigenvalue weighted by Crippen LogP contribution is -2.37. The SMILES string of the molecule is CCOc1c(OC)cccc1C(CN)N1CCCCC1. The number of rotatable bonds is 6. The van der Waals surface area contributed by atoms with Crippen molar-refractivity contribution in [3.63, 3.8) is 0 Å². The third-order valence-electron chi connectivity index (χ3n) is 3.93. The Morgan fingerprint density at radius 1 is 1.25 bits per heavy atom. The highest BCUT2D eigenvalue weighted by molar-refractivity contribution is 5.48. The molecular formula is C16H26N2O2. The van der Waals surface area contributed by atoms with Gasteiger partial charge in [0.15, 0.2) is 11.5 Å². The maximum absolute atomic E-state index is 6.05. The summed E-state index contributed by atoms with van der Waals surface area (Å²) in [4.78, 5) is 2.47. The molecule has 0 spiro atoms. The fourth-order valence-electron chi connectivity index (χ4n) is 2.96. The lowest BCUT2D eigenvalue weighted by Gasteiger charge is -2.35. The Kier molecular flexibility index (Phi) is 5.68. The average Bonchev–Trinajstić information content (AvgIpc) is 2.50. The van der Waals surface area contributed by atoms with Crippen LogP contribution in [0.5, 0.6) is 11.5 Å². The standard InChI is InChI=1S/C16H26N2O2/c1-3-20-16-13(8-7-9-15(16)19-2)14(12-17)18-10-5-4-6-11-18/h7-9,14H,3-6,10-12,17H2,1-2H3. The summed E-state index contributed by atoms with van der Waals surface area (Å²) in [6.45, 7) is 5.46. The van der Waals surface area contributed by atoms with Gasteiger partial charge in [-0.3, -0.25) is 4.90 Å². The first-order valence-electron chi connectivity index (χ1n) is 7.55. The Bertz CT molecular complexity index is 417. The van der Waals surface area contributed by atoms with Gasteiger partial charge in [-0.2, -0.15) is 0 Å². The number of methoxy groups -OCH3 is 1. The van der Waals surface area contributed by atoms with E-state index in [1.54, 1.807) is 7.11 Å². The van der Waals surface area contributed by atoms with Crippen LogP contribution in [0.1, 0.15) is 37.8 Å². The van der Waals surface area contributed by atoms with Gasteiger partial charge in [-0.15, -0.1) is 0 Å². The molecular weight excluding hydrogens is 252 g/mol. The molecule has 4 heteroatoms. The normalized spacial score (nSPS) is 17.8. The van der Waals surface area contributed by atoms with Gasteiger partial charge in [-0.25, -0.2) is 0 Å². The lowest BCUT2D eigenvalue weighted by atomic mass is 10.0. The molecule has 0 bridgehead atoms. The van der Waals surface area contributed by atoms with E-state index in [1.807, 2.05) is 19.1 Å². The number of para-hydroxylation sites is 1. The van der Waals surface area contributed by atoms with Crippen LogP contribution in [0.2, 0.25) is 0 Å². The molecule has 1 aromatic carbocycles. The number of nitrogens with two attached hydrogens (primary N) is 1. The van der Waals surface area contributed by atoms with E-state index in [4.69, 9.17) is 15.2 Å². The van der Waals surface area contributed by atoms with Crippen LogP contribution in [0, 0.1) is 0 Å². The van der Waals surface area contributed by atoms with Gasteiger partial charge in [0.05, 0.1) is 19.8 Å². The van der Waals surface area contributed by atoms with Crippen molar-refractivity contribution in [3.8, 4) is 11.5 Å². The van der Waals surface area contributed by atoms with Crippen LogP contribution in [0.4, 0.5) is 0 Å². The second-order valence-electron chi connectivity index (χ2n) is 5.16. The fourth-order valence-corrected chi connectivity index (χ4v) is 2.96. The Morgan fingerprint density at radius 2 is 2.00 bits per heavy atom. The number of nitrogens with zero attached hydrogens (tertiary/aromatic N) is 1. The third-order valence-corrected chi connectivity index (χ3v) is 3.93. The van der Waals surface area contributed by atoms with Crippen LogP contribution in [-0.4, -0.2) is 38.3 Å². The molecule has 0 aromatic heterocycles. The molecule has 1 saturated heterocycles. The van der Waals surface area contributed by atoms with Gasteiger partial charge in [-0.05, 0) is 38.9 Å². The Labute approximate surface area is 121 Å². The molecule has 1 unspecified atom stereocenters. The van der Waals surface area contributed by atoms with Gasteiger partial charge in [0.1, 0.15) is 0 Å². The van der Waals surface area contributed by atoms with Crippen LogP contribution in [-0.2, 0) is 0 Å². The minimum absolute atomic E-state index is 0.215. The molecule has 0 radical (unpaired) electrons. The van der Waals surface area contributed by atoms with Gasteiger partial charge >= 0.3 is 0 Å². The summed E-state index contributed by atoms with van der Waals surface area (Å²) in [5, 5.41) is 0. The Morgan fingerprint density at radius 3 is 2.60 bits per heavy atom. The average molecular weight is 278 g/mol. The van der Waals surface area contributed by atoms with E-state index in [0.29, 0.717) is 13.2 Å². The van der Waals surface area contributed by atoms with Gasteiger partial charge in [0.25, 0.3) is 0 Å². The van der Waals surface area contributed by atoms with E-state index in [2.05, 4.69) is 11.0 Å². The van der Waals surface area contributed by atoms with Crippen LogP contribution in [0.3, 0.4) is 0 Å². The molecule has 0 amide bonds. The van der Waals surface area contributed by atoms with Crippen molar-refractivity contribution in [2.45, 2.75) is 32.2 Å². The highest BCUT2D eigenvalue weighted by atomic mass is 16.5. The highest BCUT2D eigenvalue weighted by Gasteiger charge is 2.25. The molecule has 1 aliphatic rings. The number of piperidine rings is 1. The summed E-state index contributed by atoms with van der Waals surface area (Å²) in [5.74, 6) is 1.64. The summed E-state index contributed by atoms with van der Waals surface area (Å²) in [6, 6.07) is 6.29. The summed E-state index contributed by atoms with van der Waals surface area (Å²) < 4.78 is 11.3. The highest BCUT2D eigenvalue weighted by Crippen LogP contribution is 2.37. The van der Waals surface area contributed by atoms with Crippen molar-refractivity contribution < 1.29 is 9.47 Å². The monoisotopic (exact) mass is 278 g/mol. The predicted molar refractivity (Wildman–Crippen MR) is 81.4 cm³/mol. The molecule has 4 nitrogen and oxygen atoms in total. The number of hydrogen-bond acceptors (Lipinski definition) is 4.